The van der Waals surface area contributed by atoms with Crippen LogP contribution in [0.5, 0.6) is 0 Å². The highest BCUT2D eigenvalue weighted by Gasteiger charge is 2.31. The quantitative estimate of drug-likeness (QED) is 0.412. The van der Waals surface area contributed by atoms with Gasteiger partial charge in [0, 0.05) is 25.0 Å². The van der Waals surface area contributed by atoms with E-state index in [1.807, 2.05) is 25.1 Å². The van der Waals surface area contributed by atoms with E-state index in [0.717, 1.165) is 22.9 Å². The van der Waals surface area contributed by atoms with E-state index in [1.54, 1.807) is 32.3 Å². The number of fused-ring (bicyclic) bond motifs is 1. The molecule has 2 aromatic rings. The van der Waals surface area contributed by atoms with Gasteiger partial charge in [-0.15, -0.1) is 0 Å². The number of nitrogens with zero attached hydrogens (tertiary/aromatic N) is 1. The maximum Gasteiger partial charge on any atom is 0.306 e. The summed E-state index contributed by atoms with van der Waals surface area (Å²) in [5.74, 6) is -2.03. The molecule has 2 aromatic carbocycles. The average Bonchev–Trinajstić information content (AvgIpc) is 2.81. The van der Waals surface area contributed by atoms with E-state index < -0.39 is 17.8 Å². The fourth-order valence-electron chi connectivity index (χ4n) is 4.25. The molecule has 9 heteroatoms. The second-order valence-electron chi connectivity index (χ2n) is 8.09. The van der Waals surface area contributed by atoms with Crippen LogP contribution < -0.4 is 5.32 Å². The number of hydroxylamine groups is 2. The highest BCUT2D eigenvalue weighted by molar-refractivity contribution is 6.40. The molecule has 0 saturated carbocycles. The molecule has 1 heterocycles. The second-order valence-corrected chi connectivity index (χ2v) is 8.90. The van der Waals surface area contributed by atoms with Crippen molar-refractivity contribution in [1.29, 1.82) is 5.41 Å². The summed E-state index contributed by atoms with van der Waals surface area (Å²) in [4.78, 5) is 30.7. The first-order valence-corrected chi connectivity index (χ1v) is 11.6. The van der Waals surface area contributed by atoms with Crippen molar-refractivity contribution in [2.24, 2.45) is 5.92 Å². The molecule has 1 aliphatic heterocycles. The molecule has 0 radical (unpaired) electrons. The SMILES string of the molecule is CC[C@@H](c1cccc2c1CON(C(=O)c1c(Cl)cc(/C(C=N)=C/NC)cc1Cl)C2)[C@H](C)C(=O)O. The number of aliphatic carboxylic acids is 1. The zero-order valence-electron chi connectivity index (χ0n) is 19.2. The minimum absolute atomic E-state index is 0.117. The van der Waals surface area contributed by atoms with E-state index in [2.05, 4.69) is 5.32 Å². The van der Waals surface area contributed by atoms with E-state index in [1.165, 1.54) is 5.06 Å². The number of allylic oxidation sites excluding steroid dienone is 1. The molecule has 180 valence electrons. The fourth-order valence-corrected chi connectivity index (χ4v) is 4.90. The van der Waals surface area contributed by atoms with Crippen LogP contribution in [0.1, 0.15) is 58.8 Å². The summed E-state index contributed by atoms with van der Waals surface area (Å²) in [6, 6.07) is 8.89. The second kappa shape index (κ2) is 11.0. The maximum atomic E-state index is 13.3. The maximum absolute atomic E-state index is 13.3. The third-order valence-corrected chi connectivity index (χ3v) is 6.69. The zero-order chi connectivity index (χ0) is 25.0. The van der Waals surface area contributed by atoms with E-state index in [-0.39, 0.29) is 34.7 Å². The molecule has 0 spiro atoms. The summed E-state index contributed by atoms with van der Waals surface area (Å²) < 4.78 is 0. The Kier molecular flexibility index (Phi) is 8.36. The van der Waals surface area contributed by atoms with Crippen molar-refractivity contribution in [3.05, 3.63) is 74.4 Å². The molecular weight excluding hydrogens is 477 g/mol. The Morgan fingerprint density at radius 2 is 1.97 bits per heavy atom. The van der Waals surface area contributed by atoms with Crippen LogP contribution in [0.4, 0.5) is 0 Å². The van der Waals surface area contributed by atoms with Gasteiger partial charge in [-0.1, -0.05) is 55.2 Å². The smallest absolute Gasteiger partial charge is 0.306 e. The molecule has 7 nitrogen and oxygen atoms in total. The van der Waals surface area contributed by atoms with Gasteiger partial charge >= 0.3 is 5.97 Å². The Bertz CT molecular complexity index is 1130. The molecule has 1 amide bonds. The van der Waals surface area contributed by atoms with Crippen LogP contribution in [0.25, 0.3) is 5.57 Å². The van der Waals surface area contributed by atoms with Gasteiger partial charge in [-0.05, 0) is 46.7 Å². The minimum atomic E-state index is -0.846. The van der Waals surface area contributed by atoms with Crippen molar-refractivity contribution in [2.45, 2.75) is 39.3 Å². The van der Waals surface area contributed by atoms with Crippen molar-refractivity contribution < 1.29 is 19.5 Å². The van der Waals surface area contributed by atoms with Crippen LogP contribution in [0.2, 0.25) is 10.0 Å². The molecular formula is C25H27Cl2N3O4. The summed E-state index contributed by atoms with van der Waals surface area (Å²) in [7, 11) is 1.71. The van der Waals surface area contributed by atoms with Crippen LogP contribution in [-0.2, 0) is 22.8 Å². The molecule has 1 aliphatic rings. The number of amides is 1. The van der Waals surface area contributed by atoms with E-state index in [0.29, 0.717) is 17.6 Å². The van der Waals surface area contributed by atoms with Crippen molar-refractivity contribution >= 4 is 46.9 Å². The molecule has 0 aromatic heterocycles. The first kappa shape index (κ1) is 25.7. The molecule has 0 unspecified atom stereocenters. The fraction of sp³-hybridized carbons (Fsp3) is 0.320. The number of carboxylic acids is 1. The highest BCUT2D eigenvalue weighted by Crippen LogP contribution is 2.36. The van der Waals surface area contributed by atoms with Crippen molar-refractivity contribution in [1.82, 2.24) is 10.4 Å². The summed E-state index contributed by atoms with van der Waals surface area (Å²) in [6.45, 7) is 3.99. The van der Waals surface area contributed by atoms with Gasteiger partial charge in [-0.25, -0.2) is 5.06 Å². The van der Waals surface area contributed by atoms with Crippen LogP contribution >= 0.6 is 23.2 Å². The van der Waals surface area contributed by atoms with Gasteiger partial charge in [-0.3, -0.25) is 14.4 Å². The third-order valence-electron chi connectivity index (χ3n) is 6.09. The average molecular weight is 504 g/mol. The lowest BCUT2D eigenvalue weighted by Crippen LogP contribution is -2.35. The van der Waals surface area contributed by atoms with Crippen LogP contribution in [0, 0.1) is 11.3 Å². The summed E-state index contributed by atoms with van der Waals surface area (Å²) >= 11 is 12.9. The lowest BCUT2D eigenvalue weighted by molar-refractivity contribution is -0.150. The number of halogens is 2. The normalized spacial score (nSPS) is 15.3. The molecule has 34 heavy (non-hydrogen) atoms. The number of rotatable bonds is 8. The summed E-state index contributed by atoms with van der Waals surface area (Å²) in [5.41, 5.74) is 4.00. The largest absolute Gasteiger partial charge is 0.481 e. The predicted molar refractivity (Wildman–Crippen MR) is 133 cm³/mol. The number of carbonyl (C=O) groups excluding carboxylic acids is 1. The standard InChI is InChI=1S/C25H27Cl2N3O4/c1-4-18(14(2)25(32)33)19-7-5-6-15-12-30(34-13-20(15)19)24(31)23-21(26)8-16(9-22(23)27)17(10-28)11-29-3/h5-11,14,18,28-29H,4,12-13H2,1-3H3,(H,32,33)/b17-11+,28-10?/t14-,18+/m0/s1. The van der Waals surface area contributed by atoms with Crippen molar-refractivity contribution in [3.63, 3.8) is 0 Å². The van der Waals surface area contributed by atoms with Crippen molar-refractivity contribution in [2.75, 3.05) is 7.05 Å². The third kappa shape index (κ3) is 5.12. The lowest BCUT2D eigenvalue weighted by Gasteiger charge is -2.32. The summed E-state index contributed by atoms with van der Waals surface area (Å²) in [5, 5.41) is 21.5. The van der Waals surface area contributed by atoms with Crippen LogP contribution in [0.15, 0.2) is 36.5 Å². The van der Waals surface area contributed by atoms with Gasteiger partial charge < -0.3 is 15.8 Å². The summed E-state index contributed by atoms with van der Waals surface area (Å²) in [6.07, 6.45) is 3.47. The highest BCUT2D eigenvalue weighted by atomic mass is 35.5. The minimum Gasteiger partial charge on any atom is -0.481 e. The number of benzene rings is 2. The van der Waals surface area contributed by atoms with E-state index in [9.17, 15) is 14.7 Å². The van der Waals surface area contributed by atoms with Gasteiger partial charge in [-0.2, -0.15) is 0 Å². The predicted octanol–water partition coefficient (Wildman–Crippen LogP) is 5.51. The molecule has 2 atom stereocenters. The number of carboxylic acid groups (broad SMARTS) is 1. The molecule has 0 bridgehead atoms. The molecule has 3 N–H and O–H groups in total. The first-order chi connectivity index (χ1) is 16.2. The zero-order valence-corrected chi connectivity index (χ0v) is 20.7. The van der Waals surface area contributed by atoms with E-state index >= 15 is 0 Å². The van der Waals surface area contributed by atoms with Crippen LogP contribution in [-0.4, -0.2) is 35.3 Å². The Hall–Kier alpha value is -2.87. The van der Waals surface area contributed by atoms with Gasteiger partial charge in [0.05, 0.1) is 28.1 Å². The monoisotopic (exact) mass is 503 g/mol. The first-order valence-electron chi connectivity index (χ1n) is 10.9. The molecule has 0 aliphatic carbocycles. The Balaban J connectivity index is 1.91. The van der Waals surface area contributed by atoms with Gasteiger partial charge in [0.2, 0.25) is 0 Å². The topological polar surface area (TPSA) is 103 Å². The van der Waals surface area contributed by atoms with E-state index in [4.69, 9.17) is 33.4 Å². The number of hydrogen-bond acceptors (Lipinski definition) is 5. The molecule has 3 rings (SSSR count). The number of hydrogen-bond donors (Lipinski definition) is 3. The molecule has 0 fully saturated rings. The number of carbonyl (C=O) groups is 2. The van der Waals surface area contributed by atoms with Gasteiger partial charge in [0.25, 0.3) is 5.91 Å². The Morgan fingerprint density at radius 1 is 1.29 bits per heavy atom. The van der Waals surface area contributed by atoms with Crippen molar-refractivity contribution in [3.8, 4) is 0 Å². The van der Waals surface area contributed by atoms with Crippen LogP contribution in [0.3, 0.4) is 0 Å². The molecule has 0 saturated heterocycles. The number of nitrogens with one attached hydrogen (secondary N) is 2. The Morgan fingerprint density at radius 3 is 2.53 bits per heavy atom. The van der Waals surface area contributed by atoms with Gasteiger partial charge in [0.15, 0.2) is 0 Å². The Labute approximate surface area is 208 Å². The van der Waals surface area contributed by atoms with Gasteiger partial charge in [0.1, 0.15) is 6.61 Å². The lowest BCUT2D eigenvalue weighted by atomic mass is 9.81.